The molecule has 0 aliphatic heterocycles. The maximum absolute atomic E-state index is 5.18. The largest absolute Gasteiger partial charge is 0.497 e. The number of ether oxygens (including phenoxy) is 1. The van der Waals surface area contributed by atoms with Crippen molar-refractivity contribution in [1.82, 2.24) is 35.0 Å². The quantitative estimate of drug-likeness (QED) is 0.607. The minimum Gasteiger partial charge on any atom is -0.497 e. The summed E-state index contributed by atoms with van der Waals surface area (Å²) in [4.78, 5) is 0. The molecule has 0 N–H and O–H groups in total. The molecule has 8 nitrogen and oxygen atoms in total. The Balaban J connectivity index is 1.73. The van der Waals surface area contributed by atoms with Crippen molar-refractivity contribution in [3.05, 3.63) is 30.1 Å². The molecule has 0 atom stereocenters. The Labute approximate surface area is 144 Å². The first-order valence-corrected chi connectivity index (χ1v) is 8.63. The van der Waals surface area contributed by atoms with Gasteiger partial charge in [0.2, 0.25) is 0 Å². The summed E-state index contributed by atoms with van der Waals surface area (Å²) in [6.45, 7) is 2.92. The van der Waals surface area contributed by atoms with Gasteiger partial charge in [-0.3, -0.25) is 0 Å². The number of hydrogen-bond acceptors (Lipinski definition) is 7. The fourth-order valence-electron chi connectivity index (χ4n) is 2.27. The van der Waals surface area contributed by atoms with Gasteiger partial charge in [-0.2, -0.15) is 0 Å². The number of nitrogens with zero attached hydrogens (tertiary/aromatic N) is 7. The second-order valence-corrected chi connectivity index (χ2v) is 6.14. The second-order valence-electron chi connectivity index (χ2n) is 5.20. The fraction of sp³-hybridized carbons (Fsp3) is 0.400. The van der Waals surface area contributed by atoms with Gasteiger partial charge in [-0.05, 0) is 41.1 Å². The van der Waals surface area contributed by atoms with Gasteiger partial charge in [-0.25, -0.2) is 4.68 Å². The monoisotopic (exact) mass is 345 g/mol. The summed E-state index contributed by atoms with van der Waals surface area (Å²) in [7, 11) is 3.61. The third-order valence-electron chi connectivity index (χ3n) is 3.55. The van der Waals surface area contributed by atoms with E-state index in [0.29, 0.717) is 5.75 Å². The molecule has 2 aromatic heterocycles. The molecule has 0 saturated heterocycles. The van der Waals surface area contributed by atoms with Gasteiger partial charge in [0.25, 0.3) is 0 Å². The minimum atomic E-state index is 0.654. The number of rotatable bonds is 7. The van der Waals surface area contributed by atoms with E-state index in [1.165, 1.54) is 0 Å². The Hall–Kier alpha value is -2.42. The van der Waals surface area contributed by atoms with Crippen molar-refractivity contribution in [2.75, 3.05) is 7.11 Å². The van der Waals surface area contributed by atoms with Crippen molar-refractivity contribution in [3.63, 3.8) is 0 Å². The molecule has 0 radical (unpaired) electrons. The summed E-state index contributed by atoms with van der Waals surface area (Å²) < 4.78 is 8.98. The van der Waals surface area contributed by atoms with Crippen molar-refractivity contribution in [1.29, 1.82) is 0 Å². The van der Waals surface area contributed by atoms with E-state index in [2.05, 4.69) is 32.6 Å². The van der Waals surface area contributed by atoms with Crippen LogP contribution >= 0.6 is 11.8 Å². The summed E-state index contributed by atoms with van der Waals surface area (Å²) in [5, 5.41) is 21.2. The zero-order valence-corrected chi connectivity index (χ0v) is 14.7. The van der Waals surface area contributed by atoms with Gasteiger partial charge in [0, 0.05) is 19.2 Å². The van der Waals surface area contributed by atoms with Gasteiger partial charge >= 0.3 is 0 Å². The molecular weight excluding hydrogens is 326 g/mol. The van der Waals surface area contributed by atoms with Crippen LogP contribution in [0.3, 0.4) is 0 Å². The second kappa shape index (κ2) is 7.43. The molecule has 9 heteroatoms. The summed E-state index contributed by atoms with van der Waals surface area (Å²) in [5.74, 6) is 3.13. The standard InChI is InChI=1S/C15H19N7OS/c1-4-9-22-13(16-19-20-22)10-24-15-18-17-14(21(15)2)11-5-7-12(23-3)8-6-11/h5-8H,4,9-10H2,1-3H3. The Morgan fingerprint density at radius 3 is 2.62 bits per heavy atom. The number of methoxy groups -OCH3 is 1. The van der Waals surface area contributed by atoms with Gasteiger partial charge in [-0.1, -0.05) is 18.7 Å². The number of thioether (sulfide) groups is 1. The van der Waals surface area contributed by atoms with Gasteiger partial charge < -0.3 is 9.30 Å². The number of benzene rings is 1. The molecule has 0 aliphatic rings. The van der Waals surface area contributed by atoms with Crippen LogP contribution in [0.2, 0.25) is 0 Å². The molecule has 0 amide bonds. The third kappa shape index (κ3) is 3.40. The molecule has 0 spiro atoms. The number of aromatic nitrogens is 7. The SMILES string of the molecule is CCCn1nnnc1CSc1nnc(-c2ccc(OC)cc2)n1C. The molecular formula is C15H19N7OS. The van der Waals surface area contributed by atoms with E-state index in [1.54, 1.807) is 18.9 Å². The zero-order valence-electron chi connectivity index (χ0n) is 13.9. The molecule has 0 aliphatic carbocycles. The molecule has 0 fully saturated rings. The van der Waals surface area contributed by atoms with E-state index >= 15 is 0 Å². The summed E-state index contributed by atoms with van der Waals surface area (Å²) >= 11 is 1.57. The van der Waals surface area contributed by atoms with E-state index in [-0.39, 0.29) is 0 Å². The Kier molecular flexibility index (Phi) is 5.09. The molecule has 0 bridgehead atoms. The summed E-state index contributed by atoms with van der Waals surface area (Å²) in [6, 6.07) is 7.77. The fourth-order valence-corrected chi connectivity index (χ4v) is 3.12. The first kappa shape index (κ1) is 16.4. The van der Waals surface area contributed by atoms with Crippen molar-refractivity contribution < 1.29 is 4.74 Å². The number of tetrazole rings is 1. The van der Waals surface area contributed by atoms with Crippen LogP contribution in [0, 0.1) is 0 Å². The van der Waals surface area contributed by atoms with E-state index in [9.17, 15) is 0 Å². The highest BCUT2D eigenvalue weighted by atomic mass is 32.2. The molecule has 24 heavy (non-hydrogen) atoms. The predicted octanol–water partition coefficient (Wildman–Crippen LogP) is 2.18. The lowest BCUT2D eigenvalue weighted by molar-refractivity contribution is 0.415. The van der Waals surface area contributed by atoms with Crippen LogP contribution in [0.15, 0.2) is 29.4 Å². The predicted molar refractivity (Wildman–Crippen MR) is 90.7 cm³/mol. The van der Waals surface area contributed by atoms with E-state index < -0.39 is 0 Å². The smallest absolute Gasteiger partial charge is 0.191 e. The Bertz CT molecular complexity index is 797. The first-order chi connectivity index (χ1) is 11.7. The van der Waals surface area contributed by atoms with Gasteiger partial charge in [0.15, 0.2) is 16.8 Å². The Morgan fingerprint density at radius 1 is 1.12 bits per heavy atom. The lowest BCUT2D eigenvalue weighted by Crippen LogP contribution is -2.04. The highest BCUT2D eigenvalue weighted by Gasteiger charge is 2.13. The first-order valence-electron chi connectivity index (χ1n) is 7.64. The molecule has 2 heterocycles. The van der Waals surface area contributed by atoms with Crippen molar-refractivity contribution >= 4 is 11.8 Å². The van der Waals surface area contributed by atoms with Crippen LogP contribution in [0.4, 0.5) is 0 Å². The highest BCUT2D eigenvalue weighted by Crippen LogP contribution is 2.25. The normalized spacial score (nSPS) is 11.0. The third-order valence-corrected chi connectivity index (χ3v) is 4.57. The van der Waals surface area contributed by atoms with Gasteiger partial charge in [0.05, 0.1) is 12.9 Å². The highest BCUT2D eigenvalue weighted by molar-refractivity contribution is 7.98. The summed E-state index contributed by atoms with van der Waals surface area (Å²) in [6.07, 6.45) is 0.994. The minimum absolute atomic E-state index is 0.654. The van der Waals surface area contributed by atoms with Crippen LogP contribution in [0.1, 0.15) is 19.2 Å². The molecule has 3 rings (SSSR count). The van der Waals surface area contributed by atoms with E-state index in [1.807, 2.05) is 40.6 Å². The molecule has 0 unspecified atom stereocenters. The maximum atomic E-state index is 5.18. The van der Waals surface area contributed by atoms with Gasteiger partial charge in [0.1, 0.15) is 5.75 Å². The average molecular weight is 345 g/mol. The van der Waals surface area contributed by atoms with Crippen LogP contribution in [-0.2, 0) is 19.3 Å². The lowest BCUT2D eigenvalue weighted by Gasteiger charge is -2.05. The molecule has 1 aromatic carbocycles. The van der Waals surface area contributed by atoms with Crippen molar-refractivity contribution in [2.24, 2.45) is 7.05 Å². The maximum Gasteiger partial charge on any atom is 0.191 e. The van der Waals surface area contributed by atoms with Crippen LogP contribution in [-0.4, -0.2) is 42.1 Å². The van der Waals surface area contributed by atoms with E-state index in [4.69, 9.17) is 4.74 Å². The summed E-state index contributed by atoms with van der Waals surface area (Å²) in [5.41, 5.74) is 0.994. The Morgan fingerprint density at radius 2 is 1.92 bits per heavy atom. The lowest BCUT2D eigenvalue weighted by atomic mass is 10.2. The zero-order chi connectivity index (χ0) is 16.9. The molecule has 126 valence electrons. The molecule has 3 aromatic rings. The molecule has 0 saturated carbocycles. The van der Waals surface area contributed by atoms with Crippen molar-refractivity contribution in [2.45, 2.75) is 30.8 Å². The van der Waals surface area contributed by atoms with Crippen LogP contribution < -0.4 is 4.74 Å². The average Bonchev–Trinajstić information content (AvgIpc) is 3.20. The van der Waals surface area contributed by atoms with Crippen molar-refractivity contribution in [3.8, 4) is 17.1 Å². The topological polar surface area (TPSA) is 83.5 Å². The van der Waals surface area contributed by atoms with Gasteiger partial charge in [-0.15, -0.1) is 15.3 Å². The number of hydrogen-bond donors (Lipinski definition) is 0. The van der Waals surface area contributed by atoms with Crippen LogP contribution in [0.25, 0.3) is 11.4 Å². The van der Waals surface area contributed by atoms with Crippen LogP contribution in [0.5, 0.6) is 5.75 Å². The number of aryl methyl sites for hydroxylation is 1. The van der Waals surface area contributed by atoms with E-state index in [0.717, 1.165) is 41.1 Å².